The molecule has 0 spiro atoms. The first-order chi connectivity index (χ1) is 9.41. The SMILES string of the molecule is COc1cc([C@H](N)C2CCCCC2)cc(C(F)(F)F)c1.Cl. The fourth-order valence-electron chi connectivity index (χ4n) is 2.86. The molecule has 1 atom stereocenters. The van der Waals surface area contributed by atoms with Gasteiger partial charge >= 0.3 is 6.18 Å². The second kappa shape index (κ2) is 7.36. The van der Waals surface area contributed by atoms with Gasteiger partial charge in [0.25, 0.3) is 0 Å². The fourth-order valence-corrected chi connectivity index (χ4v) is 2.86. The summed E-state index contributed by atoms with van der Waals surface area (Å²) >= 11 is 0. The summed E-state index contributed by atoms with van der Waals surface area (Å²) in [7, 11) is 1.37. The molecule has 0 unspecified atom stereocenters. The van der Waals surface area contributed by atoms with Gasteiger partial charge in [-0.15, -0.1) is 12.4 Å². The van der Waals surface area contributed by atoms with Gasteiger partial charge in [-0.2, -0.15) is 13.2 Å². The lowest BCUT2D eigenvalue weighted by atomic mass is 9.81. The molecule has 0 heterocycles. The minimum Gasteiger partial charge on any atom is -0.497 e. The molecule has 6 heteroatoms. The lowest BCUT2D eigenvalue weighted by molar-refractivity contribution is -0.137. The van der Waals surface area contributed by atoms with Crippen LogP contribution in [0.15, 0.2) is 18.2 Å². The minimum absolute atomic E-state index is 0. The van der Waals surface area contributed by atoms with E-state index in [1.54, 1.807) is 6.07 Å². The molecule has 1 aliphatic carbocycles. The molecule has 1 aliphatic rings. The second-order valence-electron chi connectivity index (χ2n) is 5.42. The van der Waals surface area contributed by atoms with Crippen LogP contribution in [0.4, 0.5) is 13.2 Å². The highest BCUT2D eigenvalue weighted by Gasteiger charge is 2.32. The summed E-state index contributed by atoms with van der Waals surface area (Å²) < 4.78 is 43.7. The third kappa shape index (κ3) is 4.51. The van der Waals surface area contributed by atoms with Crippen molar-refractivity contribution in [2.75, 3.05) is 7.11 Å². The monoisotopic (exact) mass is 323 g/mol. The summed E-state index contributed by atoms with van der Waals surface area (Å²) in [5.41, 5.74) is 6.00. The van der Waals surface area contributed by atoms with E-state index in [0.29, 0.717) is 5.56 Å². The molecular weight excluding hydrogens is 303 g/mol. The molecular formula is C15H21ClF3NO. The van der Waals surface area contributed by atoms with Crippen molar-refractivity contribution in [2.24, 2.45) is 11.7 Å². The fraction of sp³-hybridized carbons (Fsp3) is 0.600. The van der Waals surface area contributed by atoms with Gasteiger partial charge < -0.3 is 10.5 Å². The maximum atomic E-state index is 12.9. The first-order valence-corrected chi connectivity index (χ1v) is 6.93. The Morgan fingerprint density at radius 3 is 2.29 bits per heavy atom. The van der Waals surface area contributed by atoms with Gasteiger partial charge in [-0.25, -0.2) is 0 Å². The molecule has 1 aromatic carbocycles. The van der Waals surface area contributed by atoms with E-state index in [2.05, 4.69) is 0 Å². The molecule has 0 aliphatic heterocycles. The van der Waals surface area contributed by atoms with Crippen LogP contribution >= 0.6 is 12.4 Å². The highest BCUT2D eigenvalue weighted by molar-refractivity contribution is 5.85. The summed E-state index contributed by atoms with van der Waals surface area (Å²) in [5.74, 6) is 0.470. The first-order valence-electron chi connectivity index (χ1n) is 6.93. The van der Waals surface area contributed by atoms with Gasteiger partial charge in [0.15, 0.2) is 0 Å². The van der Waals surface area contributed by atoms with Gasteiger partial charge in [0.05, 0.1) is 12.7 Å². The van der Waals surface area contributed by atoms with Crippen molar-refractivity contribution in [3.63, 3.8) is 0 Å². The molecule has 0 radical (unpaired) electrons. The zero-order valence-electron chi connectivity index (χ0n) is 12.0. The van der Waals surface area contributed by atoms with Crippen LogP contribution in [0, 0.1) is 5.92 Å². The number of rotatable bonds is 3. The maximum Gasteiger partial charge on any atom is 0.416 e. The van der Waals surface area contributed by atoms with E-state index in [9.17, 15) is 13.2 Å². The van der Waals surface area contributed by atoms with Crippen molar-refractivity contribution in [1.82, 2.24) is 0 Å². The van der Waals surface area contributed by atoms with Crippen molar-refractivity contribution < 1.29 is 17.9 Å². The summed E-state index contributed by atoms with van der Waals surface area (Å²) in [6.07, 6.45) is 0.993. The quantitative estimate of drug-likeness (QED) is 0.873. The Morgan fingerprint density at radius 2 is 1.76 bits per heavy atom. The molecule has 0 amide bonds. The van der Waals surface area contributed by atoms with Crippen molar-refractivity contribution in [2.45, 2.75) is 44.3 Å². The standard InChI is InChI=1S/C15H20F3NO.ClH/c1-20-13-8-11(7-12(9-13)15(16,17)18)14(19)10-5-3-2-4-6-10;/h7-10,14H,2-6,19H2,1H3;1H/t14-;/m1./s1. The molecule has 1 saturated carbocycles. The van der Waals surface area contributed by atoms with Gasteiger partial charge in [-0.1, -0.05) is 19.3 Å². The summed E-state index contributed by atoms with van der Waals surface area (Å²) in [4.78, 5) is 0. The van der Waals surface area contributed by atoms with E-state index in [4.69, 9.17) is 10.5 Å². The van der Waals surface area contributed by atoms with Crippen LogP contribution in [0.25, 0.3) is 0 Å². The molecule has 1 aromatic rings. The zero-order valence-corrected chi connectivity index (χ0v) is 12.8. The van der Waals surface area contributed by atoms with Crippen LogP contribution in [-0.2, 0) is 6.18 Å². The maximum absolute atomic E-state index is 12.9. The van der Waals surface area contributed by atoms with Gasteiger partial charge in [0.1, 0.15) is 5.75 Å². The highest BCUT2D eigenvalue weighted by Crippen LogP contribution is 2.37. The molecule has 2 N–H and O–H groups in total. The van der Waals surface area contributed by atoms with Crippen LogP contribution in [-0.4, -0.2) is 7.11 Å². The predicted molar refractivity (Wildman–Crippen MR) is 78.7 cm³/mol. The molecule has 21 heavy (non-hydrogen) atoms. The first kappa shape index (κ1) is 18.1. The van der Waals surface area contributed by atoms with Crippen LogP contribution in [0.5, 0.6) is 5.75 Å². The Morgan fingerprint density at radius 1 is 1.14 bits per heavy atom. The largest absolute Gasteiger partial charge is 0.497 e. The Kier molecular flexibility index (Phi) is 6.35. The van der Waals surface area contributed by atoms with E-state index < -0.39 is 11.7 Å². The van der Waals surface area contributed by atoms with Gasteiger partial charge in [0.2, 0.25) is 0 Å². The van der Waals surface area contributed by atoms with E-state index >= 15 is 0 Å². The smallest absolute Gasteiger partial charge is 0.416 e. The zero-order chi connectivity index (χ0) is 14.8. The molecule has 0 saturated heterocycles. The highest BCUT2D eigenvalue weighted by atomic mass is 35.5. The molecule has 0 bridgehead atoms. The van der Waals surface area contributed by atoms with Crippen molar-refractivity contribution >= 4 is 12.4 Å². The lowest BCUT2D eigenvalue weighted by Crippen LogP contribution is -2.24. The van der Waals surface area contributed by atoms with E-state index in [-0.39, 0.29) is 30.1 Å². The number of hydrogen-bond acceptors (Lipinski definition) is 2. The number of ether oxygens (including phenoxy) is 1. The topological polar surface area (TPSA) is 35.2 Å². The summed E-state index contributed by atoms with van der Waals surface area (Å²) in [6.45, 7) is 0. The molecule has 1 fully saturated rings. The number of methoxy groups -OCH3 is 1. The van der Waals surface area contributed by atoms with Crippen molar-refractivity contribution in [3.05, 3.63) is 29.3 Å². The normalized spacial score (nSPS) is 18.0. The van der Waals surface area contributed by atoms with E-state index in [1.165, 1.54) is 13.5 Å². The summed E-state index contributed by atoms with van der Waals surface area (Å²) in [6, 6.07) is 3.43. The second-order valence-corrected chi connectivity index (χ2v) is 5.42. The van der Waals surface area contributed by atoms with Crippen LogP contribution < -0.4 is 10.5 Å². The van der Waals surface area contributed by atoms with E-state index in [0.717, 1.165) is 37.8 Å². The van der Waals surface area contributed by atoms with E-state index in [1.807, 2.05) is 0 Å². The third-order valence-corrected chi connectivity index (χ3v) is 4.03. The molecule has 120 valence electrons. The number of nitrogens with two attached hydrogens (primary N) is 1. The average Bonchev–Trinajstić information content (AvgIpc) is 2.46. The minimum atomic E-state index is -4.38. The molecule has 2 nitrogen and oxygen atoms in total. The van der Waals surface area contributed by atoms with Crippen LogP contribution in [0.3, 0.4) is 0 Å². The summed E-state index contributed by atoms with van der Waals surface area (Å²) in [5, 5.41) is 0. The Balaban J connectivity index is 0.00000220. The average molecular weight is 324 g/mol. The van der Waals surface area contributed by atoms with Crippen molar-refractivity contribution in [3.8, 4) is 5.75 Å². The third-order valence-electron chi connectivity index (χ3n) is 4.03. The Hall–Kier alpha value is -0.940. The predicted octanol–water partition coefficient (Wildman–Crippen LogP) is 4.72. The van der Waals surface area contributed by atoms with Crippen LogP contribution in [0.2, 0.25) is 0 Å². The Labute approximate surface area is 129 Å². The number of hydrogen-bond donors (Lipinski definition) is 1. The number of benzene rings is 1. The van der Waals surface area contributed by atoms with Gasteiger partial charge in [-0.05, 0) is 42.5 Å². The van der Waals surface area contributed by atoms with Gasteiger partial charge in [-0.3, -0.25) is 0 Å². The lowest BCUT2D eigenvalue weighted by Gasteiger charge is -2.28. The Bertz CT molecular complexity index is 459. The molecule has 0 aromatic heterocycles. The number of alkyl halides is 3. The number of halogens is 4. The van der Waals surface area contributed by atoms with Gasteiger partial charge in [0, 0.05) is 6.04 Å². The molecule has 2 rings (SSSR count). The van der Waals surface area contributed by atoms with Crippen molar-refractivity contribution in [1.29, 1.82) is 0 Å². The van der Waals surface area contributed by atoms with Crippen LogP contribution in [0.1, 0.15) is 49.3 Å².